The lowest BCUT2D eigenvalue weighted by Gasteiger charge is -2.15. The lowest BCUT2D eigenvalue weighted by atomic mass is 10.1. The average molecular weight is 280 g/mol. The highest BCUT2D eigenvalue weighted by atomic mass is 16.5. The number of hydrogen-bond acceptors (Lipinski definition) is 4. The summed E-state index contributed by atoms with van der Waals surface area (Å²) in [4.78, 5) is 12.2. The third-order valence-electron chi connectivity index (χ3n) is 3.14. The molecule has 0 aliphatic rings. The highest BCUT2D eigenvalue weighted by Gasteiger charge is 2.13. The molecule has 0 aromatic heterocycles. The van der Waals surface area contributed by atoms with Crippen molar-refractivity contribution in [2.75, 3.05) is 27.3 Å². The van der Waals surface area contributed by atoms with Crippen molar-refractivity contribution in [3.8, 4) is 11.5 Å². The molecule has 0 spiro atoms. The molecule has 0 heterocycles. The second kappa shape index (κ2) is 7.75. The van der Waals surface area contributed by atoms with Crippen LogP contribution in [0.15, 0.2) is 12.1 Å². The summed E-state index contributed by atoms with van der Waals surface area (Å²) in [5.41, 5.74) is 1.42. The van der Waals surface area contributed by atoms with Crippen LogP contribution in [0.25, 0.3) is 0 Å². The van der Waals surface area contributed by atoms with Crippen LogP contribution in [0.5, 0.6) is 11.5 Å². The SMILES string of the molecule is CCN[C@H](C)CNC(=O)c1cc(OC)c(C)c(OC)c1. The van der Waals surface area contributed by atoms with E-state index < -0.39 is 0 Å². The van der Waals surface area contributed by atoms with Crippen LogP contribution in [0.1, 0.15) is 29.8 Å². The van der Waals surface area contributed by atoms with Gasteiger partial charge in [0.2, 0.25) is 0 Å². The van der Waals surface area contributed by atoms with E-state index in [2.05, 4.69) is 10.6 Å². The summed E-state index contributed by atoms with van der Waals surface area (Å²) in [5.74, 6) is 1.16. The van der Waals surface area contributed by atoms with E-state index in [0.29, 0.717) is 23.6 Å². The van der Waals surface area contributed by atoms with Crippen LogP contribution >= 0.6 is 0 Å². The highest BCUT2D eigenvalue weighted by Crippen LogP contribution is 2.29. The van der Waals surface area contributed by atoms with Crippen molar-refractivity contribution >= 4 is 5.91 Å². The van der Waals surface area contributed by atoms with E-state index in [1.54, 1.807) is 26.4 Å². The Morgan fingerprint density at radius 2 is 1.80 bits per heavy atom. The van der Waals surface area contributed by atoms with Gasteiger partial charge in [0.1, 0.15) is 11.5 Å². The van der Waals surface area contributed by atoms with E-state index in [4.69, 9.17) is 9.47 Å². The quantitative estimate of drug-likeness (QED) is 0.799. The zero-order valence-electron chi connectivity index (χ0n) is 12.9. The molecule has 0 bridgehead atoms. The van der Waals surface area contributed by atoms with Crippen molar-refractivity contribution in [3.63, 3.8) is 0 Å². The average Bonchev–Trinajstić information content (AvgIpc) is 2.45. The Morgan fingerprint density at radius 3 is 2.25 bits per heavy atom. The van der Waals surface area contributed by atoms with Gasteiger partial charge in [0.05, 0.1) is 14.2 Å². The Labute approximate surface area is 120 Å². The number of benzene rings is 1. The summed E-state index contributed by atoms with van der Waals surface area (Å²) in [6.07, 6.45) is 0. The number of likely N-dealkylation sites (N-methyl/N-ethyl adjacent to an activating group) is 1. The zero-order chi connectivity index (χ0) is 15.1. The van der Waals surface area contributed by atoms with Crippen molar-refractivity contribution in [2.24, 2.45) is 0 Å². The second-order valence-electron chi connectivity index (χ2n) is 4.67. The summed E-state index contributed by atoms with van der Waals surface area (Å²) in [7, 11) is 3.16. The molecule has 2 N–H and O–H groups in total. The Kier molecular flexibility index (Phi) is 6.31. The van der Waals surface area contributed by atoms with E-state index in [-0.39, 0.29) is 11.9 Å². The van der Waals surface area contributed by atoms with Gasteiger partial charge in [0.15, 0.2) is 0 Å². The number of carbonyl (C=O) groups excluding carboxylic acids is 1. The van der Waals surface area contributed by atoms with Crippen molar-refractivity contribution in [3.05, 3.63) is 23.3 Å². The van der Waals surface area contributed by atoms with E-state index >= 15 is 0 Å². The first-order valence-electron chi connectivity index (χ1n) is 6.77. The van der Waals surface area contributed by atoms with Gasteiger partial charge in [-0.25, -0.2) is 0 Å². The molecule has 5 nitrogen and oxygen atoms in total. The monoisotopic (exact) mass is 280 g/mol. The minimum Gasteiger partial charge on any atom is -0.496 e. The normalized spacial score (nSPS) is 11.8. The summed E-state index contributed by atoms with van der Waals surface area (Å²) < 4.78 is 10.5. The maximum absolute atomic E-state index is 12.2. The van der Waals surface area contributed by atoms with Crippen LogP contribution in [-0.4, -0.2) is 39.3 Å². The van der Waals surface area contributed by atoms with Crippen LogP contribution in [0.4, 0.5) is 0 Å². The van der Waals surface area contributed by atoms with Crippen molar-refractivity contribution < 1.29 is 14.3 Å². The molecule has 1 atom stereocenters. The first kappa shape index (κ1) is 16.3. The third-order valence-corrected chi connectivity index (χ3v) is 3.14. The smallest absolute Gasteiger partial charge is 0.251 e. The van der Waals surface area contributed by atoms with Gasteiger partial charge >= 0.3 is 0 Å². The number of amides is 1. The van der Waals surface area contributed by atoms with E-state index in [1.807, 2.05) is 20.8 Å². The van der Waals surface area contributed by atoms with E-state index in [1.165, 1.54) is 0 Å². The maximum Gasteiger partial charge on any atom is 0.251 e. The number of hydrogen-bond donors (Lipinski definition) is 2. The van der Waals surface area contributed by atoms with Gasteiger partial charge in [0, 0.05) is 23.7 Å². The van der Waals surface area contributed by atoms with Crippen LogP contribution in [-0.2, 0) is 0 Å². The standard InChI is InChI=1S/C15H24N2O3/c1-6-16-10(2)9-17-15(18)12-7-13(19-4)11(3)14(8-12)20-5/h7-8,10,16H,6,9H2,1-5H3,(H,17,18)/t10-/m1/s1. The molecule has 0 radical (unpaired) electrons. The minimum absolute atomic E-state index is 0.133. The van der Waals surface area contributed by atoms with E-state index in [9.17, 15) is 4.79 Å². The van der Waals surface area contributed by atoms with Gasteiger partial charge in [0.25, 0.3) is 5.91 Å². The fourth-order valence-electron chi connectivity index (χ4n) is 1.99. The van der Waals surface area contributed by atoms with Gasteiger partial charge in [-0.2, -0.15) is 0 Å². The third kappa shape index (κ3) is 4.13. The number of ether oxygens (including phenoxy) is 2. The molecule has 0 saturated heterocycles. The fourth-order valence-corrected chi connectivity index (χ4v) is 1.99. The number of nitrogens with one attached hydrogen (secondary N) is 2. The molecular formula is C15H24N2O3. The molecule has 0 aliphatic heterocycles. The second-order valence-corrected chi connectivity index (χ2v) is 4.67. The first-order valence-corrected chi connectivity index (χ1v) is 6.77. The molecule has 20 heavy (non-hydrogen) atoms. The molecule has 112 valence electrons. The fraction of sp³-hybridized carbons (Fsp3) is 0.533. The number of carbonyl (C=O) groups is 1. The molecule has 0 aliphatic carbocycles. The topological polar surface area (TPSA) is 59.6 Å². The molecule has 1 rings (SSSR count). The van der Waals surface area contributed by atoms with Crippen molar-refractivity contribution in [1.29, 1.82) is 0 Å². The minimum atomic E-state index is -0.133. The maximum atomic E-state index is 12.2. The van der Waals surface area contributed by atoms with Gasteiger partial charge in [-0.3, -0.25) is 4.79 Å². The van der Waals surface area contributed by atoms with Gasteiger partial charge in [-0.05, 0) is 32.5 Å². The zero-order valence-corrected chi connectivity index (χ0v) is 12.9. The molecule has 1 amide bonds. The Hall–Kier alpha value is -1.75. The number of methoxy groups -OCH3 is 2. The predicted molar refractivity (Wildman–Crippen MR) is 79.8 cm³/mol. The summed E-state index contributed by atoms with van der Waals surface area (Å²) >= 11 is 0. The van der Waals surface area contributed by atoms with Crippen LogP contribution < -0.4 is 20.1 Å². The largest absolute Gasteiger partial charge is 0.496 e. The summed E-state index contributed by atoms with van der Waals surface area (Å²) in [6, 6.07) is 3.69. The van der Waals surface area contributed by atoms with Gasteiger partial charge in [-0.1, -0.05) is 6.92 Å². The Bertz CT molecular complexity index is 435. The molecule has 1 aromatic rings. The summed E-state index contributed by atoms with van der Waals surface area (Å²) in [5, 5.41) is 6.14. The van der Waals surface area contributed by atoms with Crippen LogP contribution in [0, 0.1) is 6.92 Å². The molecule has 1 aromatic carbocycles. The van der Waals surface area contributed by atoms with Crippen LogP contribution in [0.2, 0.25) is 0 Å². The van der Waals surface area contributed by atoms with E-state index in [0.717, 1.165) is 12.1 Å². The van der Waals surface area contributed by atoms with Crippen molar-refractivity contribution in [2.45, 2.75) is 26.8 Å². The molecule has 0 saturated carbocycles. The van der Waals surface area contributed by atoms with Gasteiger partial charge in [-0.15, -0.1) is 0 Å². The first-order chi connectivity index (χ1) is 9.53. The molecule has 0 unspecified atom stereocenters. The highest BCUT2D eigenvalue weighted by molar-refractivity contribution is 5.95. The lowest BCUT2D eigenvalue weighted by molar-refractivity contribution is 0.0949. The Morgan fingerprint density at radius 1 is 1.25 bits per heavy atom. The molecular weight excluding hydrogens is 256 g/mol. The van der Waals surface area contributed by atoms with Gasteiger partial charge < -0.3 is 20.1 Å². The molecule has 0 fully saturated rings. The molecule has 5 heteroatoms. The van der Waals surface area contributed by atoms with Crippen LogP contribution in [0.3, 0.4) is 0 Å². The number of rotatable bonds is 7. The van der Waals surface area contributed by atoms with Crippen molar-refractivity contribution in [1.82, 2.24) is 10.6 Å². The predicted octanol–water partition coefficient (Wildman–Crippen LogP) is 1.74. The Balaban J connectivity index is 2.82. The lowest BCUT2D eigenvalue weighted by Crippen LogP contribution is -2.38. The summed E-state index contributed by atoms with van der Waals surface area (Å²) in [6.45, 7) is 7.41.